The molecule has 0 rings (SSSR count). The first-order valence-corrected chi connectivity index (χ1v) is 8.98. The number of aliphatic hydroxyl groups excluding tert-OH is 2. The second-order valence-corrected chi connectivity index (χ2v) is 6.25. The number of hydrogen-bond donors (Lipinski definition) is 2. The van der Waals surface area contributed by atoms with E-state index in [0.717, 1.165) is 38.5 Å². The molecule has 0 aromatic carbocycles. The van der Waals surface area contributed by atoms with Gasteiger partial charge in [0.25, 0.3) is 0 Å². The fraction of sp³-hybridized carbons (Fsp3) is 1.00. The standard InChI is InChI=1S/C14H31O5P/c1-3-5-7-9-13(15)11-18-20(17)19-12-14(16)10-8-6-4-2/h13-16,20H,3-12H2,1-2H3. The van der Waals surface area contributed by atoms with Gasteiger partial charge in [-0.2, -0.15) is 0 Å². The molecular formula is C14H31O5P. The molecule has 2 atom stereocenters. The minimum Gasteiger partial charge on any atom is -0.391 e. The van der Waals surface area contributed by atoms with E-state index in [9.17, 15) is 14.8 Å². The van der Waals surface area contributed by atoms with E-state index >= 15 is 0 Å². The molecule has 0 aliphatic rings. The first-order valence-electron chi connectivity index (χ1n) is 7.75. The van der Waals surface area contributed by atoms with Gasteiger partial charge in [-0.15, -0.1) is 0 Å². The van der Waals surface area contributed by atoms with Crippen molar-refractivity contribution in [2.75, 3.05) is 13.2 Å². The van der Waals surface area contributed by atoms with Gasteiger partial charge >= 0.3 is 8.25 Å². The molecule has 0 aliphatic carbocycles. The Morgan fingerprint density at radius 1 is 0.850 bits per heavy atom. The van der Waals surface area contributed by atoms with Crippen LogP contribution >= 0.6 is 8.25 Å². The molecule has 0 aromatic rings. The highest BCUT2D eigenvalue weighted by Crippen LogP contribution is 2.25. The Kier molecular flexibility index (Phi) is 14.1. The molecule has 0 aliphatic heterocycles. The summed E-state index contributed by atoms with van der Waals surface area (Å²) in [5, 5.41) is 19.2. The van der Waals surface area contributed by atoms with E-state index < -0.39 is 20.5 Å². The second-order valence-electron chi connectivity index (χ2n) is 5.17. The number of hydrogen-bond acceptors (Lipinski definition) is 5. The summed E-state index contributed by atoms with van der Waals surface area (Å²) in [5.41, 5.74) is 0. The van der Waals surface area contributed by atoms with Gasteiger partial charge in [0, 0.05) is 0 Å². The lowest BCUT2D eigenvalue weighted by molar-refractivity contribution is 0.0692. The summed E-state index contributed by atoms with van der Waals surface area (Å²) in [5.74, 6) is 0. The van der Waals surface area contributed by atoms with Crippen molar-refractivity contribution in [3.05, 3.63) is 0 Å². The molecular weight excluding hydrogens is 279 g/mol. The summed E-state index contributed by atoms with van der Waals surface area (Å²) in [6.07, 6.45) is 6.37. The third-order valence-electron chi connectivity index (χ3n) is 3.07. The number of rotatable bonds is 14. The number of aliphatic hydroxyl groups is 2. The zero-order valence-electron chi connectivity index (χ0n) is 12.8. The molecule has 2 unspecified atom stereocenters. The molecule has 0 amide bonds. The van der Waals surface area contributed by atoms with Gasteiger partial charge in [0.2, 0.25) is 0 Å². The topological polar surface area (TPSA) is 76.0 Å². The highest BCUT2D eigenvalue weighted by molar-refractivity contribution is 7.33. The minimum absolute atomic E-state index is 0.0352. The highest BCUT2D eigenvalue weighted by Gasteiger charge is 2.10. The van der Waals surface area contributed by atoms with Crippen LogP contribution in [0.4, 0.5) is 0 Å². The fourth-order valence-corrected chi connectivity index (χ4v) is 2.54. The molecule has 0 fully saturated rings. The Labute approximate surface area is 123 Å². The molecule has 0 saturated carbocycles. The highest BCUT2D eigenvalue weighted by atomic mass is 31.1. The van der Waals surface area contributed by atoms with Gasteiger partial charge in [0.05, 0.1) is 25.4 Å². The van der Waals surface area contributed by atoms with Crippen molar-refractivity contribution < 1.29 is 23.8 Å². The monoisotopic (exact) mass is 310 g/mol. The molecule has 20 heavy (non-hydrogen) atoms. The van der Waals surface area contributed by atoms with Crippen molar-refractivity contribution in [1.82, 2.24) is 0 Å². The summed E-state index contributed by atoms with van der Waals surface area (Å²) < 4.78 is 21.4. The SMILES string of the molecule is CCCCCC(O)CO[PH](=O)OCC(O)CCCCC. The molecule has 0 heterocycles. The maximum atomic E-state index is 11.4. The zero-order chi connectivity index (χ0) is 15.2. The Bertz CT molecular complexity index is 216. The Morgan fingerprint density at radius 2 is 1.25 bits per heavy atom. The van der Waals surface area contributed by atoms with Gasteiger partial charge in [0.15, 0.2) is 0 Å². The number of unbranched alkanes of at least 4 members (excludes halogenated alkanes) is 4. The van der Waals surface area contributed by atoms with Crippen molar-refractivity contribution in [2.24, 2.45) is 0 Å². The molecule has 122 valence electrons. The zero-order valence-corrected chi connectivity index (χ0v) is 13.8. The van der Waals surface area contributed by atoms with Crippen LogP contribution < -0.4 is 0 Å². The van der Waals surface area contributed by atoms with Gasteiger partial charge in [-0.25, -0.2) is 0 Å². The maximum Gasteiger partial charge on any atom is 0.319 e. The molecule has 0 bridgehead atoms. The van der Waals surface area contributed by atoms with E-state index in [0.29, 0.717) is 12.8 Å². The predicted molar refractivity (Wildman–Crippen MR) is 81.2 cm³/mol. The van der Waals surface area contributed by atoms with Crippen molar-refractivity contribution in [1.29, 1.82) is 0 Å². The molecule has 0 spiro atoms. The van der Waals surface area contributed by atoms with Gasteiger partial charge in [-0.3, -0.25) is 4.57 Å². The van der Waals surface area contributed by atoms with Crippen molar-refractivity contribution >= 4 is 8.25 Å². The van der Waals surface area contributed by atoms with Crippen LogP contribution in [-0.4, -0.2) is 35.6 Å². The molecule has 0 aromatic heterocycles. The maximum absolute atomic E-state index is 11.4. The first kappa shape index (κ1) is 20.1. The molecule has 5 nitrogen and oxygen atoms in total. The van der Waals surface area contributed by atoms with Crippen LogP contribution in [-0.2, 0) is 13.6 Å². The van der Waals surface area contributed by atoms with Crippen molar-refractivity contribution in [3.63, 3.8) is 0 Å². The summed E-state index contributed by atoms with van der Waals surface area (Å²) in [6, 6.07) is 0. The molecule has 0 saturated heterocycles. The third kappa shape index (κ3) is 13.1. The van der Waals surface area contributed by atoms with E-state index in [4.69, 9.17) is 9.05 Å². The first-order chi connectivity index (χ1) is 9.60. The van der Waals surface area contributed by atoms with Gasteiger partial charge in [0.1, 0.15) is 0 Å². The Balaban J connectivity index is 3.52. The van der Waals surface area contributed by atoms with Crippen LogP contribution in [0.2, 0.25) is 0 Å². The predicted octanol–water partition coefficient (Wildman–Crippen LogP) is 3.29. The van der Waals surface area contributed by atoms with E-state index in [1.807, 2.05) is 0 Å². The van der Waals surface area contributed by atoms with Crippen LogP contribution in [0.3, 0.4) is 0 Å². The lowest BCUT2D eigenvalue weighted by Crippen LogP contribution is -2.15. The third-order valence-corrected chi connectivity index (χ3v) is 3.87. The normalized spacial score (nSPS) is 16.0. The summed E-state index contributed by atoms with van der Waals surface area (Å²) in [4.78, 5) is 0. The van der Waals surface area contributed by atoms with Crippen LogP contribution in [0.25, 0.3) is 0 Å². The average molecular weight is 310 g/mol. The van der Waals surface area contributed by atoms with E-state index in [-0.39, 0.29) is 13.2 Å². The van der Waals surface area contributed by atoms with E-state index in [1.165, 1.54) is 0 Å². The molecule has 2 N–H and O–H groups in total. The quantitative estimate of drug-likeness (QED) is 0.380. The van der Waals surface area contributed by atoms with Crippen LogP contribution in [0.1, 0.15) is 65.2 Å². The smallest absolute Gasteiger partial charge is 0.319 e. The molecule has 0 radical (unpaired) electrons. The summed E-state index contributed by atoms with van der Waals surface area (Å²) in [6.45, 7) is 4.27. The molecule has 6 heteroatoms. The summed E-state index contributed by atoms with van der Waals surface area (Å²) in [7, 11) is -2.61. The lowest BCUT2D eigenvalue weighted by atomic mass is 10.1. The van der Waals surface area contributed by atoms with Crippen LogP contribution in [0.15, 0.2) is 0 Å². The minimum atomic E-state index is -2.61. The van der Waals surface area contributed by atoms with Gasteiger partial charge in [-0.1, -0.05) is 52.4 Å². The second kappa shape index (κ2) is 14.0. The largest absolute Gasteiger partial charge is 0.391 e. The van der Waals surface area contributed by atoms with Crippen LogP contribution in [0.5, 0.6) is 0 Å². The van der Waals surface area contributed by atoms with Crippen molar-refractivity contribution in [2.45, 2.75) is 77.4 Å². The van der Waals surface area contributed by atoms with Gasteiger partial charge in [-0.05, 0) is 12.8 Å². The van der Waals surface area contributed by atoms with E-state index in [2.05, 4.69) is 13.8 Å². The Hall–Kier alpha value is 0.0700. The van der Waals surface area contributed by atoms with Crippen molar-refractivity contribution in [3.8, 4) is 0 Å². The van der Waals surface area contributed by atoms with Crippen LogP contribution in [0, 0.1) is 0 Å². The Morgan fingerprint density at radius 3 is 1.60 bits per heavy atom. The lowest BCUT2D eigenvalue weighted by Gasteiger charge is -2.13. The average Bonchev–Trinajstić information content (AvgIpc) is 2.43. The fourth-order valence-electron chi connectivity index (χ4n) is 1.80. The van der Waals surface area contributed by atoms with E-state index in [1.54, 1.807) is 0 Å². The summed E-state index contributed by atoms with van der Waals surface area (Å²) >= 11 is 0. The van der Waals surface area contributed by atoms with Gasteiger partial charge < -0.3 is 19.3 Å².